The molecule has 0 saturated carbocycles. The Morgan fingerprint density at radius 2 is 2.16 bits per heavy atom. The van der Waals surface area contributed by atoms with Crippen molar-refractivity contribution < 1.29 is 5.11 Å². The van der Waals surface area contributed by atoms with E-state index in [-0.39, 0.29) is 6.04 Å². The molecule has 1 saturated heterocycles. The Morgan fingerprint density at radius 3 is 2.95 bits per heavy atom. The van der Waals surface area contributed by atoms with Gasteiger partial charge in [-0.1, -0.05) is 24.3 Å². The number of benzene rings is 2. The number of aliphatic hydroxyl groups excluding tert-OH is 1. The third-order valence-corrected chi connectivity index (χ3v) is 3.73. The van der Waals surface area contributed by atoms with E-state index in [2.05, 4.69) is 12.3 Å². The number of hydrogen-bond donors (Lipinski definition) is 2. The van der Waals surface area contributed by atoms with Gasteiger partial charge in [0.05, 0.1) is 18.7 Å². The van der Waals surface area contributed by atoms with Gasteiger partial charge in [-0.25, -0.2) is 0 Å². The first-order valence-electron chi connectivity index (χ1n) is 6.31. The summed E-state index contributed by atoms with van der Waals surface area (Å²) in [6.45, 7) is 0.413. The van der Waals surface area contributed by atoms with Gasteiger partial charge in [0.2, 0.25) is 0 Å². The van der Waals surface area contributed by atoms with Gasteiger partial charge in [-0.15, -0.1) is 0 Å². The lowest BCUT2D eigenvalue weighted by molar-refractivity contribution is 0.186. The fourth-order valence-corrected chi connectivity index (χ4v) is 2.77. The quantitative estimate of drug-likeness (QED) is 0.602. The molecule has 19 heavy (non-hydrogen) atoms. The zero-order valence-corrected chi connectivity index (χ0v) is 10.5. The van der Waals surface area contributed by atoms with Crippen LogP contribution in [-0.2, 0) is 0 Å². The standard InChI is InChI=1S/C15H15N3O/c16-9-18-8-12(19)7-15(18)11-4-5-13-10(6-11)2-1-3-14(13)17/h1-6,12,15,19H,7-8,17H2/t12-,15-/m0/s1. The van der Waals surface area contributed by atoms with Crippen molar-refractivity contribution in [1.82, 2.24) is 4.90 Å². The largest absolute Gasteiger partial charge is 0.398 e. The summed E-state index contributed by atoms with van der Waals surface area (Å²) in [5.41, 5.74) is 7.74. The third-order valence-electron chi connectivity index (χ3n) is 3.73. The summed E-state index contributed by atoms with van der Waals surface area (Å²) >= 11 is 0. The lowest BCUT2D eigenvalue weighted by Crippen LogP contribution is -2.18. The van der Waals surface area contributed by atoms with E-state index < -0.39 is 6.10 Å². The van der Waals surface area contributed by atoms with Crippen molar-refractivity contribution in [2.75, 3.05) is 12.3 Å². The van der Waals surface area contributed by atoms with E-state index in [1.165, 1.54) is 0 Å². The molecule has 4 heteroatoms. The Hall–Kier alpha value is -2.25. The number of nitrogen functional groups attached to an aromatic ring is 1. The Morgan fingerprint density at radius 1 is 1.32 bits per heavy atom. The summed E-state index contributed by atoms with van der Waals surface area (Å²) in [6.07, 6.45) is 2.32. The molecule has 2 aromatic carbocycles. The first kappa shape index (κ1) is 11.8. The molecule has 96 valence electrons. The molecule has 0 spiro atoms. The highest BCUT2D eigenvalue weighted by Gasteiger charge is 2.31. The van der Waals surface area contributed by atoms with Gasteiger partial charge in [-0.05, 0) is 23.1 Å². The number of anilines is 1. The van der Waals surface area contributed by atoms with Gasteiger partial charge >= 0.3 is 0 Å². The molecular formula is C15H15N3O. The Labute approximate surface area is 111 Å². The lowest BCUT2D eigenvalue weighted by atomic mass is 9.99. The molecule has 0 bridgehead atoms. The second-order valence-electron chi connectivity index (χ2n) is 4.99. The molecule has 0 unspecified atom stereocenters. The summed E-state index contributed by atoms with van der Waals surface area (Å²) in [6, 6.07) is 11.8. The Balaban J connectivity index is 2.04. The van der Waals surface area contributed by atoms with E-state index in [4.69, 9.17) is 11.0 Å². The van der Waals surface area contributed by atoms with Crippen molar-refractivity contribution in [2.24, 2.45) is 0 Å². The number of hydrogen-bond acceptors (Lipinski definition) is 4. The van der Waals surface area contributed by atoms with Crippen LogP contribution in [0.2, 0.25) is 0 Å². The van der Waals surface area contributed by atoms with Gasteiger partial charge in [0.1, 0.15) is 0 Å². The molecule has 1 aliphatic rings. The summed E-state index contributed by atoms with van der Waals surface area (Å²) in [4.78, 5) is 1.64. The zero-order valence-electron chi connectivity index (χ0n) is 10.5. The summed E-state index contributed by atoms with van der Waals surface area (Å²) in [5, 5.41) is 20.9. The molecule has 1 fully saturated rings. The minimum atomic E-state index is -0.429. The first-order valence-corrected chi connectivity index (χ1v) is 6.31. The maximum Gasteiger partial charge on any atom is 0.179 e. The first-order chi connectivity index (χ1) is 9.19. The summed E-state index contributed by atoms with van der Waals surface area (Å²) < 4.78 is 0. The van der Waals surface area contributed by atoms with E-state index in [0.717, 1.165) is 22.0 Å². The number of rotatable bonds is 1. The van der Waals surface area contributed by atoms with E-state index in [1.54, 1.807) is 4.90 Å². The Kier molecular flexibility index (Phi) is 2.77. The lowest BCUT2D eigenvalue weighted by Gasteiger charge is -2.18. The van der Waals surface area contributed by atoms with Crippen LogP contribution in [0.5, 0.6) is 0 Å². The van der Waals surface area contributed by atoms with Crippen LogP contribution in [0.1, 0.15) is 18.0 Å². The smallest absolute Gasteiger partial charge is 0.179 e. The van der Waals surface area contributed by atoms with Gasteiger partial charge in [0.25, 0.3) is 0 Å². The van der Waals surface area contributed by atoms with Crippen LogP contribution < -0.4 is 5.73 Å². The van der Waals surface area contributed by atoms with Crippen molar-refractivity contribution in [3.05, 3.63) is 42.0 Å². The summed E-state index contributed by atoms with van der Waals surface area (Å²) in [7, 11) is 0. The minimum absolute atomic E-state index is 0.0363. The molecule has 0 radical (unpaired) electrons. The molecule has 2 aromatic rings. The van der Waals surface area contributed by atoms with Gasteiger partial charge in [0.15, 0.2) is 6.19 Å². The molecule has 0 aliphatic carbocycles. The van der Waals surface area contributed by atoms with Crippen LogP contribution in [0.25, 0.3) is 10.8 Å². The monoisotopic (exact) mass is 253 g/mol. The molecule has 1 aliphatic heterocycles. The number of β-amino-alcohol motifs (C(OH)–C–C–N with tert-alkyl or cyclic N) is 1. The fourth-order valence-electron chi connectivity index (χ4n) is 2.77. The van der Waals surface area contributed by atoms with Gasteiger partial charge < -0.3 is 15.7 Å². The fraction of sp³-hybridized carbons (Fsp3) is 0.267. The van der Waals surface area contributed by atoms with E-state index in [9.17, 15) is 5.11 Å². The van der Waals surface area contributed by atoms with Crippen LogP contribution in [0.3, 0.4) is 0 Å². The second-order valence-corrected chi connectivity index (χ2v) is 4.99. The molecule has 3 rings (SSSR count). The summed E-state index contributed by atoms with van der Waals surface area (Å²) in [5.74, 6) is 0. The van der Waals surface area contributed by atoms with Gasteiger partial charge in [-0.2, -0.15) is 5.26 Å². The predicted octanol–water partition coefficient (Wildman–Crippen LogP) is 2.01. The van der Waals surface area contributed by atoms with Crippen LogP contribution >= 0.6 is 0 Å². The molecule has 0 amide bonds. The number of nitriles is 1. The van der Waals surface area contributed by atoms with Crippen LogP contribution in [0.15, 0.2) is 36.4 Å². The Bertz CT molecular complexity index is 662. The molecule has 1 heterocycles. The third kappa shape index (κ3) is 1.98. The minimum Gasteiger partial charge on any atom is -0.398 e. The van der Waals surface area contributed by atoms with Crippen molar-refractivity contribution in [2.45, 2.75) is 18.6 Å². The molecule has 4 nitrogen and oxygen atoms in total. The molecule has 3 N–H and O–H groups in total. The molecule has 2 atom stereocenters. The van der Waals surface area contributed by atoms with E-state index >= 15 is 0 Å². The SMILES string of the molecule is N#CN1C[C@@H](O)C[C@H]1c1ccc2c(N)cccc2c1. The topological polar surface area (TPSA) is 73.3 Å². The van der Waals surface area contributed by atoms with Crippen LogP contribution in [0.4, 0.5) is 5.69 Å². The van der Waals surface area contributed by atoms with Crippen LogP contribution in [0, 0.1) is 11.5 Å². The number of nitrogens with two attached hydrogens (primary N) is 1. The normalized spacial score (nSPS) is 22.6. The van der Waals surface area contributed by atoms with Crippen molar-refractivity contribution in [1.29, 1.82) is 5.26 Å². The van der Waals surface area contributed by atoms with Gasteiger partial charge in [0, 0.05) is 17.5 Å². The molecular weight excluding hydrogens is 238 g/mol. The average Bonchev–Trinajstić information content (AvgIpc) is 2.80. The second kappa shape index (κ2) is 4.45. The number of fused-ring (bicyclic) bond motifs is 1. The zero-order chi connectivity index (χ0) is 13.4. The van der Waals surface area contributed by atoms with Crippen molar-refractivity contribution >= 4 is 16.5 Å². The predicted molar refractivity (Wildman–Crippen MR) is 74.0 cm³/mol. The van der Waals surface area contributed by atoms with Crippen molar-refractivity contribution in [3.63, 3.8) is 0 Å². The highest BCUT2D eigenvalue weighted by atomic mass is 16.3. The highest BCUT2D eigenvalue weighted by molar-refractivity contribution is 5.93. The van der Waals surface area contributed by atoms with Crippen LogP contribution in [-0.4, -0.2) is 22.7 Å². The van der Waals surface area contributed by atoms with E-state index in [0.29, 0.717) is 13.0 Å². The van der Waals surface area contributed by atoms with Crippen molar-refractivity contribution in [3.8, 4) is 6.19 Å². The average molecular weight is 253 g/mol. The number of aliphatic hydroxyl groups is 1. The van der Waals surface area contributed by atoms with Gasteiger partial charge in [-0.3, -0.25) is 0 Å². The molecule has 0 aromatic heterocycles. The maximum atomic E-state index is 9.71. The maximum absolute atomic E-state index is 9.71. The number of nitrogens with zero attached hydrogens (tertiary/aromatic N) is 2. The highest BCUT2D eigenvalue weighted by Crippen LogP contribution is 2.33. The van der Waals surface area contributed by atoms with E-state index in [1.807, 2.05) is 30.3 Å². The number of likely N-dealkylation sites (tertiary alicyclic amines) is 1.